The van der Waals surface area contributed by atoms with Crippen molar-refractivity contribution in [1.82, 2.24) is 4.90 Å². The zero-order chi connectivity index (χ0) is 18.7. The number of rotatable bonds is 4. The average Bonchev–Trinajstić information content (AvgIpc) is 2.45. The Morgan fingerprint density at radius 1 is 1.24 bits per heavy atom. The number of benzene rings is 1. The number of hydrogen-bond acceptors (Lipinski definition) is 5. The zero-order valence-electron chi connectivity index (χ0n) is 15.3. The van der Waals surface area contributed by atoms with Crippen molar-refractivity contribution in [2.24, 2.45) is 0 Å². The van der Waals surface area contributed by atoms with Gasteiger partial charge in [0.1, 0.15) is 11.4 Å². The number of nitrogens with zero attached hydrogens (tertiary/aromatic N) is 1. The first kappa shape index (κ1) is 19.7. The summed E-state index contributed by atoms with van der Waals surface area (Å²) in [7, 11) is -3.66. The van der Waals surface area contributed by atoms with Gasteiger partial charge in [0.15, 0.2) is 0 Å². The summed E-state index contributed by atoms with van der Waals surface area (Å²) < 4.78 is 35.3. The van der Waals surface area contributed by atoms with E-state index in [1.165, 1.54) is 0 Å². The number of ether oxygens (including phenoxy) is 1. The van der Waals surface area contributed by atoms with Crippen LogP contribution in [0.4, 0.5) is 4.79 Å². The van der Waals surface area contributed by atoms with E-state index in [-0.39, 0.29) is 17.9 Å². The van der Waals surface area contributed by atoms with Crippen molar-refractivity contribution in [3.63, 3.8) is 0 Å². The van der Waals surface area contributed by atoms with Crippen LogP contribution in [0.1, 0.15) is 46.1 Å². The molecule has 2 unspecified atom stereocenters. The first-order valence-corrected chi connectivity index (χ1v) is 10.1. The Labute approximate surface area is 150 Å². The summed E-state index contributed by atoms with van der Waals surface area (Å²) in [6.07, 6.45) is 0.151. The van der Waals surface area contributed by atoms with E-state index in [0.717, 1.165) is 0 Å². The summed E-state index contributed by atoms with van der Waals surface area (Å²) in [6, 6.07) is 8.81. The summed E-state index contributed by atoms with van der Waals surface area (Å²) in [4.78, 5) is 13.8. The second-order valence-electron chi connectivity index (χ2n) is 7.45. The third-order valence-electron chi connectivity index (χ3n) is 3.93. The van der Waals surface area contributed by atoms with E-state index in [1.54, 1.807) is 29.2 Å². The minimum atomic E-state index is -3.66. The third-order valence-corrected chi connectivity index (χ3v) is 5.18. The van der Waals surface area contributed by atoms with Gasteiger partial charge < -0.3 is 9.64 Å². The molecule has 0 aromatic heterocycles. The van der Waals surface area contributed by atoms with Crippen molar-refractivity contribution >= 4 is 16.2 Å². The molecule has 25 heavy (non-hydrogen) atoms. The van der Waals surface area contributed by atoms with Gasteiger partial charge in [0.25, 0.3) is 10.1 Å². The van der Waals surface area contributed by atoms with Crippen molar-refractivity contribution in [2.75, 3.05) is 6.54 Å². The maximum absolute atomic E-state index is 12.3. The van der Waals surface area contributed by atoms with Gasteiger partial charge >= 0.3 is 6.09 Å². The van der Waals surface area contributed by atoms with E-state index in [4.69, 9.17) is 8.92 Å². The lowest BCUT2D eigenvalue weighted by Gasteiger charge is -2.37. The summed E-state index contributed by atoms with van der Waals surface area (Å²) in [5.41, 5.74) is 0.144. The van der Waals surface area contributed by atoms with Gasteiger partial charge in [-0.3, -0.25) is 4.18 Å². The maximum Gasteiger partial charge on any atom is 0.410 e. The predicted octanol–water partition coefficient (Wildman–Crippen LogP) is 3.32. The lowest BCUT2D eigenvalue weighted by Crippen LogP contribution is -2.48. The van der Waals surface area contributed by atoms with Gasteiger partial charge in [-0.1, -0.05) is 30.3 Å². The topological polar surface area (TPSA) is 72.9 Å². The van der Waals surface area contributed by atoms with Crippen molar-refractivity contribution in [1.29, 1.82) is 0 Å². The molecule has 0 bridgehead atoms. The van der Waals surface area contributed by atoms with Crippen LogP contribution in [0.15, 0.2) is 30.3 Å². The molecule has 1 aliphatic heterocycles. The third kappa shape index (κ3) is 6.32. The Bertz CT molecular complexity index is 681. The molecule has 1 amide bonds. The van der Waals surface area contributed by atoms with E-state index in [1.807, 2.05) is 33.8 Å². The fourth-order valence-electron chi connectivity index (χ4n) is 2.83. The molecule has 0 radical (unpaired) electrons. The first-order valence-electron chi connectivity index (χ1n) is 8.50. The average molecular weight is 369 g/mol. The number of carbonyl (C=O) groups excluding carboxylic acids is 1. The highest BCUT2D eigenvalue weighted by Gasteiger charge is 2.34. The van der Waals surface area contributed by atoms with Crippen LogP contribution in [0.5, 0.6) is 0 Å². The lowest BCUT2D eigenvalue weighted by atomic mass is 10.0. The molecule has 0 N–H and O–H groups in total. The van der Waals surface area contributed by atoms with E-state index in [9.17, 15) is 13.2 Å². The summed E-state index contributed by atoms with van der Waals surface area (Å²) in [5.74, 6) is -0.144. The Morgan fingerprint density at radius 2 is 1.88 bits per heavy atom. The molecule has 140 valence electrons. The fraction of sp³-hybridized carbons (Fsp3) is 0.611. The number of amides is 1. The molecule has 0 aliphatic carbocycles. The number of likely N-dealkylation sites (tertiary alicyclic amines) is 1. The van der Waals surface area contributed by atoms with E-state index < -0.39 is 21.8 Å². The minimum Gasteiger partial charge on any atom is -0.444 e. The highest BCUT2D eigenvalue weighted by Crippen LogP contribution is 2.24. The van der Waals surface area contributed by atoms with E-state index >= 15 is 0 Å². The first-order chi connectivity index (χ1) is 11.6. The largest absolute Gasteiger partial charge is 0.444 e. The SMILES string of the molecule is CC1CC(OS(=O)(=O)Cc2ccccc2)CCN1C(=O)OC(C)(C)C. The lowest BCUT2D eigenvalue weighted by molar-refractivity contribution is -0.000155. The van der Waals surface area contributed by atoms with Gasteiger partial charge in [-0.2, -0.15) is 8.42 Å². The molecule has 1 aliphatic rings. The Balaban J connectivity index is 1.91. The van der Waals surface area contributed by atoms with Crippen LogP contribution in [0.2, 0.25) is 0 Å². The molecule has 7 heteroatoms. The van der Waals surface area contributed by atoms with Crippen molar-refractivity contribution in [3.8, 4) is 0 Å². The van der Waals surface area contributed by atoms with Crippen molar-refractivity contribution in [3.05, 3.63) is 35.9 Å². The van der Waals surface area contributed by atoms with Crippen LogP contribution in [0, 0.1) is 0 Å². The Kier molecular flexibility index (Phi) is 6.11. The molecular formula is C18H27NO5S. The summed E-state index contributed by atoms with van der Waals surface area (Å²) >= 11 is 0. The number of carbonyl (C=O) groups is 1. The fourth-order valence-corrected chi connectivity index (χ4v) is 4.09. The van der Waals surface area contributed by atoms with Crippen LogP contribution in [-0.2, 0) is 24.8 Å². The molecule has 0 saturated carbocycles. The molecule has 1 fully saturated rings. The van der Waals surface area contributed by atoms with Crippen LogP contribution >= 0.6 is 0 Å². The second kappa shape index (κ2) is 7.74. The highest BCUT2D eigenvalue weighted by atomic mass is 32.2. The summed E-state index contributed by atoms with van der Waals surface area (Å²) in [5, 5.41) is 0. The summed E-state index contributed by atoms with van der Waals surface area (Å²) in [6.45, 7) is 7.76. The van der Waals surface area contributed by atoms with Crippen molar-refractivity contribution in [2.45, 2.75) is 64.0 Å². The smallest absolute Gasteiger partial charge is 0.410 e. The zero-order valence-corrected chi connectivity index (χ0v) is 16.1. The van der Waals surface area contributed by atoms with Gasteiger partial charge in [0.05, 0.1) is 6.10 Å². The minimum absolute atomic E-state index is 0.138. The van der Waals surface area contributed by atoms with Crippen molar-refractivity contribution < 1.29 is 22.1 Å². The monoisotopic (exact) mass is 369 g/mol. The standard InChI is InChI=1S/C18H27NO5S/c1-14-12-16(10-11-19(14)17(20)23-18(2,3)4)24-25(21,22)13-15-8-6-5-7-9-15/h5-9,14,16H,10-13H2,1-4H3. The Morgan fingerprint density at radius 3 is 2.44 bits per heavy atom. The molecular weight excluding hydrogens is 342 g/mol. The molecule has 1 aromatic carbocycles. The van der Waals surface area contributed by atoms with Crippen LogP contribution in [0.3, 0.4) is 0 Å². The predicted molar refractivity (Wildman–Crippen MR) is 95.6 cm³/mol. The van der Waals surface area contributed by atoms with Gasteiger partial charge in [0, 0.05) is 12.6 Å². The molecule has 6 nitrogen and oxygen atoms in total. The maximum atomic E-state index is 12.3. The molecule has 1 aromatic rings. The Hall–Kier alpha value is -1.60. The van der Waals surface area contributed by atoms with Crippen LogP contribution < -0.4 is 0 Å². The second-order valence-corrected chi connectivity index (χ2v) is 9.05. The molecule has 2 atom stereocenters. The number of piperidine rings is 1. The molecule has 1 heterocycles. The van der Waals surface area contributed by atoms with Gasteiger partial charge in [-0.15, -0.1) is 0 Å². The van der Waals surface area contributed by atoms with E-state index in [2.05, 4.69) is 0 Å². The van der Waals surface area contributed by atoms with Gasteiger partial charge in [-0.05, 0) is 46.1 Å². The van der Waals surface area contributed by atoms with E-state index in [0.29, 0.717) is 24.9 Å². The van der Waals surface area contributed by atoms with Crippen LogP contribution in [-0.4, -0.2) is 43.7 Å². The van der Waals surface area contributed by atoms with Crippen LogP contribution in [0.25, 0.3) is 0 Å². The number of hydrogen-bond donors (Lipinski definition) is 0. The normalized spacial score (nSPS) is 21.8. The van der Waals surface area contributed by atoms with Gasteiger partial charge in [-0.25, -0.2) is 4.79 Å². The molecule has 0 spiro atoms. The quantitative estimate of drug-likeness (QED) is 0.761. The molecule has 1 saturated heterocycles. The highest BCUT2D eigenvalue weighted by molar-refractivity contribution is 7.85. The molecule has 2 rings (SSSR count). The van der Waals surface area contributed by atoms with Gasteiger partial charge in [0.2, 0.25) is 0 Å².